The SMILES string of the molecule is COc1ccc(CNC(=O)C(C)N(c2cccc(C)c2)S(C)(=O)=O)cc1. The molecule has 2 rings (SSSR count). The van der Waals surface area contributed by atoms with Gasteiger partial charge in [-0.25, -0.2) is 8.42 Å². The summed E-state index contributed by atoms with van der Waals surface area (Å²) >= 11 is 0. The first-order valence-electron chi connectivity index (χ1n) is 8.19. The van der Waals surface area contributed by atoms with Crippen molar-refractivity contribution in [3.63, 3.8) is 0 Å². The lowest BCUT2D eigenvalue weighted by atomic mass is 10.2. The second-order valence-corrected chi connectivity index (χ2v) is 8.00. The molecule has 0 aliphatic rings. The molecule has 2 aromatic carbocycles. The van der Waals surface area contributed by atoms with E-state index >= 15 is 0 Å². The van der Waals surface area contributed by atoms with Crippen LogP contribution in [0.2, 0.25) is 0 Å². The van der Waals surface area contributed by atoms with Gasteiger partial charge in [0.1, 0.15) is 11.8 Å². The van der Waals surface area contributed by atoms with Crippen molar-refractivity contribution < 1.29 is 17.9 Å². The molecule has 7 heteroatoms. The normalized spacial score (nSPS) is 12.3. The van der Waals surface area contributed by atoms with E-state index in [-0.39, 0.29) is 5.91 Å². The van der Waals surface area contributed by atoms with E-state index in [1.165, 1.54) is 0 Å². The number of carbonyl (C=O) groups excluding carboxylic acids is 1. The number of methoxy groups -OCH3 is 1. The van der Waals surface area contributed by atoms with Crippen LogP contribution in [0, 0.1) is 6.92 Å². The molecule has 0 heterocycles. The number of aryl methyl sites for hydroxylation is 1. The average Bonchev–Trinajstić information content (AvgIpc) is 2.59. The molecule has 2 aromatic rings. The molecule has 0 aliphatic carbocycles. The molecule has 0 fully saturated rings. The van der Waals surface area contributed by atoms with Crippen LogP contribution in [-0.2, 0) is 21.4 Å². The Morgan fingerprint density at radius 3 is 2.38 bits per heavy atom. The van der Waals surface area contributed by atoms with Crippen molar-refractivity contribution in [3.8, 4) is 5.75 Å². The van der Waals surface area contributed by atoms with Crippen molar-refractivity contribution in [1.82, 2.24) is 5.32 Å². The smallest absolute Gasteiger partial charge is 0.243 e. The molecule has 0 radical (unpaired) electrons. The van der Waals surface area contributed by atoms with Gasteiger partial charge in [0.05, 0.1) is 19.1 Å². The Balaban J connectivity index is 2.14. The monoisotopic (exact) mass is 376 g/mol. The number of nitrogens with zero attached hydrogens (tertiary/aromatic N) is 1. The zero-order chi connectivity index (χ0) is 19.3. The number of sulfonamides is 1. The fourth-order valence-electron chi connectivity index (χ4n) is 2.65. The summed E-state index contributed by atoms with van der Waals surface area (Å²) in [5, 5.41) is 2.79. The summed E-state index contributed by atoms with van der Waals surface area (Å²) in [5.74, 6) is 0.365. The van der Waals surface area contributed by atoms with Crippen molar-refractivity contribution >= 4 is 21.6 Å². The van der Waals surface area contributed by atoms with Crippen LogP contribution in [0.25, 0.3) is 0 Å². The van der Waals surface area contributed by atoms with Gasteiger partial charge in [-0.15, -0.1) is 0 Å². The first-order valence-corrected chi connectivity index (χ1v) is 10.0. The number of carbonyl (C=O) groups is 1. The molecule has 0 saturated carbocycles. The third-order valence-corrected chi connectivity index (χ3v) is 5.21. The molecule has 6 nitrogen and oxygen atoms in total. The molecule has 1 unspecified atom stereocenters. The van der Waals surface area contributed by atoms with Crippen LogP contribution < -0.4 is 14.4 Å². The molecule has 0 spiro atoms. The number of nitrogens with one attached hydrogen (secondary N) is 1. The van der Waals surface area contributed by atoms with Gasteiger partial charge in [-0.2, -0.15) is 0 Å². The Kier molecular flexibility index (Phi) is 6.26. The van der Waals surface area contributed by atoms with Gasteiger partial charge in [-0.3, -0.25) is 9.10 Å². The molecule has 0 aromatic heterocycles. The highest BCUT2D eigenvalue weighted by atomic mass is 32.2. The van der Waals surface area contributed by atoms with E-state index in [1.54, 1.807) is 44.4 Å². The van der Waals surface area contributed by atoms with E-state index in [4.69, 9.17) is 4.74 Å². The maximum Gasteiger partial charge on any atom is 0.243 e. The van der Waals surface area contributed by atoms with Crippen molar-refractivity contribution in [3.05, 3.63) is 59.7 Å². The second-order valence-electron chi connectivity index (χ2n) is 6.14. The third kappa shape index (κ3) is 4.98. The summed E-state index contributed by atoms with van der Waals surface area (Å²) in [6.07, 6.45) is 1.10. The van der Waals surface area contributed by atoms with Gasteiger partial charge in [0.25, 0.3) is 0 Å². The van der Waals surface area contributed by atoms with Gasteiger partial charge in [-0.05, 0) is 49.2 Å². The van der Waals surface area contributed by atoms with Crippen LogP contribution in [0.4, 0.5) is 5.69 Å². The van der Waals surface area contributed by atoms with Gasteiger partial charge in [0, 0.05) is 6.54 Å². The Hall–Kier alpha value is -2.54. The van der Waals surface area contributed by atoms with Crippen LogP contribution in [0.5, 0.6) is 5.75 Å². The number of anilines is 1. The van der Waals surface area contributed by atoms with Crippen molar-refractivity contribution in [1.29, 1.82) is 0 Å². The van der Waals surface area contributed by atoms with E-state index in [2.05, 4.69) is 5.32 Å². The van der Waals surface area contributed by atoms with E-state index in [0.717, 1.165) is 27.4 Å². The van der Waals surface area contributed by atoms with Crippen molar-refractivity contribution in [2.45, 2.75) is 26.4 Å². The molecule has 1 amide bonds. The summed E-state index contributed by atoms with van der Waals surface area (Å²) in [4.78, 5) is 12.5. The lowest BCUT2D eigenvalue weighted by molar-refractivity contribution is -0.122. The maximum absolute atomic E-state index is 12.5. The highest BCUT2D eigenvalue weighted by Gasteiger charge is 2.28. The van der Waals surface area contributed by atoms with Crippen molar-refractivity contribution in [2.24, 2.45) is 0 Å². The average molecular weight is 376 g/mol. The molecule has 1 N–H and O–H groups in total. The molecule has 26 heavy (non-hydrogen) atoms. The zero-order valence-corrected chi connectivity index (χ0v) is 16.2. The predicted octanol–water partition coefficient (Wildman–Crippen LogP) is 2.47. The minimum atomic E-state index is -3.61. The maximum atomic E-state index is 12.5. The highest BCUT2D eigenvalue weighted by molar-refractivity contribution is 7.92. The quantitative estimate of drug-likeness (QED) is 0.805. The van der Waals surface area contributed by atoms with E-state index in [9.17, 15) is 13.2 Å². The van der Waals surface area contributed by atoms with Crippen LogP contribution in [0.3, 0.4) is 0 Å². The van der Waals surface area contributed by atoms with Crippen LogP contribution in [0.15, 0.2) is 48.5 Å². The summed E-state index contributed by atoms with van der Waals surface area (Å²) in [7, 11) is -2.03. The minimum absolute atomic E-state index is 0.304. The van der Waals surface area contributed by atoms with Gasteiger partial charge >= 0.3 is 0 Å². The lowest BCUT2D eigenvalue weighted by Gasteiger charge is -2.28. The number of benzene rings is 2. The molecule has 0 aliphatic heterocycles. The first-order chi connectivity index (χ1) is 12.2. The Labute approximate surface area is 154 Å². The van der Waals surface area contributed by atoms with E-state index < -0.39 is 16.1 Å². The minimum Gasteiger partial charge on any atom is -0.497 e. The number of ether oxygens (including phenoxy) is 1. The first kappa shape index (κ1) is 19.8. The van der Waals surface area contributed by atoms with Gasteiger partial charge < -0.3 is 10.1 Å². The Morgan fingerprint density at radius 2 is 1.85 bits per heavy atom. The molecular weight excluding hydrogens is 352 g/mol. The van der Waals surface area contributed by atoms with Crippen LogP contribution in [-0.4, -0.2) is 33.7 Å². The largest absolute Gasteiger partial charge is 0.497 e. The number of rotatable bonds is 7. The molecular formula is C19H24N2O4S. The molecule has 1 atom stereocenters. The number of hydrogen-bond donors (Lipinski definition) is 1. The zero-order valence-electron chi connectivity index (χ0n) is 15.4. The van der Waals surface area contributed by atoms with Crippen LogP contribution >= 0.6 is 0 Å². The van der Waals surface area contributed by atoms with Gasteiger partial charge in [-0.1, -0.05) is 24.3 Å². The predicted molar refractivity (Wildman–Crippen MR) is 103 cm³/mol. The standard InChI is InChI=1S/C19H24N2O4S/c1-14-6-5-7-17(12-14)21(26(4,23)24)15(2)19(22)20-13-16-8-10-18(25-3)11-9-16/h5-12,15H,13H2,1-4H3,(H,20,22). The van der Waals surface area contributed by atoms with E-state index in [1.807, 2.05) is 25.1 Å². The summed E-state index contributed by atoms with van der Waals surface area (Å²) in [6, 6.07) is 13.5. The fraction of sp³-hybridized carbons (Fsp3) is 0.316. The number of amides is 1. The third-order valence-electron chi connectivity index (χ3n) is 3.97. The lowest BCUT2D eigenvalue weighted by Crippen LogP contribution is -2.47. The second kappa shape index (κ2) is 8.23. The highest BCUT2D eigenvalue weighted by Crippen LogP contribution is 2.22. The molecule has 140 valence electrons. The Bertz CT molecular complexity index is 863. The van der Waals surface area contributed by atoms with E-state index in [0.29, 0.717) is 12.2 Å². The fourth-order valence-corrected chi connectivity index (χ4v) is 3.82. The summed E-state index contributed by atoms with van der Waals surface area (Å²) in [5.41, 5.74) is 2.29. The topological polar surface area (TPSA) is 75.7 Å². The summed E-state index contributed by atoms with van der Waals surface area (Å²) in [6.45, 7) is 3.75. The summed E-state index contributed by atoms with van der Waals surface area (Å²) < 4.78 is 30.8. The molecule has 0 bridgehead atoms. The van der Waals surface area contributed by atoms with Crippen LogP contribution in [0.1, 0.15) is 18.1 Å². The van der Waals surface area contributed by atoms with Gasteiger partial charge in [0.2, 0.25) is 15.9 Å². The molecule has 0 saturated heterocycles. The van der Waals surface area contributed by atoms with Gasteiger partial charge in [0.15, 0.2) is 0 Å². The van der Waals surface area contributed by atoms with Crippen molar-refractivity contribution in [2.75, 3.05) is 17.7 Å². The number of hydrogen-bond acceptors (Lipinski definition) is 4. The Morgan fingerprint density at radius 1 is 1.19 bits per heavy atom.